The van der Waals surface area contributed by atoms with Crippen molar-refractivity contribution in [2.45, 2.75) is 41.4 Å². The lowest BCUT2D eigenvalue weighted by atomic mass is 9.78. The molecule has 2 aliphatic rings. The molecule has 2 aliphatic carbocycles. The van der Waals surface area contributed by atoms with Gasteiger partial charge in [-0.3, -0.25) is 4.79 Å². The average molecular weight is 593 g/mol. The van der Waals surface area contributed by atoms with Gasteiger partial charge in [-0.1, -0.05) is 35.0 Å². The lowest BCUT2D eigenvalue weighted by molar-refractivity contribution is 0.0458. The number of halogens is 4. The zero-order valence-electron chi connectivity index (χ0n) is 20.9. The molecule has 2 atom stereocenters. The number of sulfone groups is 1. The Morgan fingerprint density at radius 3 is 2.27 bits per heavy atom. The predicted octanol–water partition coefficient (Wildman–Crippen LogP) is 5.77. The zero-order chi connectivity index (χ0) is 28.7. The van der Waals surface area contributed by atoms with Crippen molar-refractivity contribution in [1.29, 1.82) is 0 Å². The number of amides is 1. The number of nitrogens with zero attached hydrogens (tertiary/aromatic N) is 1. The topological polar surface area (TPSA) is 105 Å². The summed E-state index contributed by atoms with van der Waals surface area (Å²) in [5, 5.41) is 16.4. The van der Waals surface area contributed by atoms with Gasteiger partial charge in [-0.15, -0.1) is 0 Å². The van der Waals surface area contributed by atoms with Gasteiger partial charge >= 0.3 is 0 Å². The van der Waals surface area contributed by atoms with Gasteiger partial charge in [0.1, 0.15) is 5.60 Å². The Bertz CT molecular complexity index is 1550. The number of fused-ring (bicyclic) bond motifs is 2. The van der Waals surface area contributed by atoms with Crippen molar-refractivity contribution in [1.82, 2.24) is 0 Å². The van der Waals surface area contributed by atoms with Gasteiger partial charge < -0.3 is 15.3 Å². The largest absolute Gasteiger partial charge is 0.384 e. The van der Waals surface area contributed by atoms with Gasteiger partial charge in [-0.2, -0.15) is 0 Å². The van der Waals surface area contributed by atoms with Crippen LogP contribution in [0.4, 0.5) is 18.9 Å². The first-order chi connectivity index (χ1) is 19.0. The van der Waals surface area contributed by atoms with E-state index in [1.807, 2.05) is 6.07 Å². The Kier molecular flexibility index (Phi) is 7.64. The van der Waals surface area contributed by atoms with E-state index in [0.29, 0.717) is 30.7 Å². The van der Waals surface area contributed by atoms with Crippen LogP contribution in [0.1, 0.15) is 36.0 Å². The highest BCUT2D eigenvalue weighted by Crippen LogP contribution is 2.51. The molecule has 5 rings (SSSR count). The third-order valence-electron chi connectivity index (χ3n) is 7.36. The maximum absolute atomic E-state index is 13.8. The molecule has 0 radical (unpaired) electrons. The van der Waals surface area contributed by atoms with Crippen molar-refractivity contribution in [3.8, 4) is 5.75 Å². The summed E-state index contributed by atoms with van der Waals surface area (Å²) >= 11 is 6.28. The number of carbonyl (C=O) groups excluding carboxylic acids is 1. The van der Waals surface area contributed by atoms with E-state index in [-0.39, 0.29) is 34.0 Å². The minimum Gasteiger partial charge on any atom is -0.384 e. The maximum atomic E-state index is 13.8. The third-order valence-corrected chi connectivity index (χ3v) is 10.2. The van der Waals surface area contributed by atoms with E-state index < -0.39 is 55.9 Å². The number of nitrogens with one attached hydrogen (secondary N) is 1. The summed E-state index contributed by atoms with van der Waals surface area (Å²) in [7, 11) is -4.06. The Morgan fingerprint density at radius 2 is 1.65 bits per heavy atom. The smallest absolute Gasteiger partial charge is 0.255 e. The number of oxime groups is 1. The summed E-state index contributed by atoms with van der Waals surface area (Å²) in [5.41, 5.74) is -1.82. The minimum absolute atomic E-state index is 0.0894. The number of benzene rings is 3. The molecule has 2 N–H and O–H groups in total. The third kappa shape index (κ3) is 5.59. The van der Waals surface area contributed by atoms with Gasteiger partial charge in [-0.05, 0) is 67.9 Å². The van der Waals surface area contributed by atoms with Gasteiger partial charge in [0.25, 0.3) is 5.91 Å². The second-order valence-corrected chi connectivity index (χ2v) is 12.6. The molecule has 0 saturated heterocycles. The van der Waals surface area contributed by atoms with Crippen LogP contribution < -0.4 is 10.2 Å². The molecule has 210 valence electrons. The number of hydrogen-bond donors (Lipinski definition) is 2. The SMILES string of the molecule is O=C(Nc1cc(F)c(F)c(F)c1)c1ccc(Cl)c(S(=O)(=O)C2C3CCC2CC(O)(/C=N/Oc2ccccc2)C3)c1. The molecular formula is C28H24ClF3N2O5S. The van der Waals surface area contributed by atoms with Crippen LogP contribution in [0.25, 0.3) is 0 Å². The van der Waals surface area contributed by atoms with E-state index in [1.165, 1.54) is 18.3 Å². The molecule has 0 spiro atoms. The van der Waals surface area contributed by atoms with E-state index in [9.17, 15) is 31.5 Å². The zero-order valence-corrected chi connectivity index (χ0v) is 22.4. The van der Waals surface area contributed by atoms with Gasteiger partial charge in [0.05, 0.1) is 21.4 Å². The molecule has 2 fully saturated rings. The maximum Gasteiger partial charge on any atom is 0.255 e. The lowest BCUT2D eigenvalue weighted by Gasteiger charge is -2.38. The first-order valence-electron chi connectivity index (χ1n) is 12.5. The summed E-state index contributed by atoms with van der Waals surface area (Å²) < 4.78 is 68.0. The predicted molar refractivity (Wildman–Crippen MR) is 143 cm³/mol. The summed E-state index contributed by atoms with van der Waals surface area (Å²) in [6, 6.07) is 13.7. The molecule has 2 bridgehead atoms. The van der Waals surface area contributed by atoms with Crippen molar-refractivity contribution in [2.75, 3.05) is 5.32 Å². The van der Waals surface area contributed by atoms with Crippen molar-refractivity contribution in [2.24, 2.45) is 17.0 Å². The van der Waals surface area contributed by atoms with Crippen LogP contribution in [0.3, 0.4) is 0 Å². The fourth-order valence-electron chi connectivity index (χ4n) is 5.69. The molecule has 0 aromatic heterocycles. The van der Waals surface area contributed by atoms with E-state index in [4.69, 9.17) is 16.4 Å². The van der Waals surface area contributed by atoms with Crippen LogP contribution in [0.2, 0.25) is 5.02 Å². The summed E-state index contributed by atoms with van der Waals surface area (Å²) in [6.07, 6.45) is 2.75. The first-order valence-corrected chi connectivity index (χ1v) is 14.4. The molecule has 40 heavy (non-hydrogen) atoms. The minimum atomic E-state index is -4.06. The Morgan fingerprint density at radius 1 is 1.02 bits per heavy atom. The number of hydrogen-bond acceptors (Lipinski definition) is 6. The number of anilines is 1. The summed E-state index contributed by atoms with van der Waals surface area (Å²) in [4.78, 5) is 17.8. The molecule has 3 aromatic carbocycles. The fraction of sp³-hybridized carbons (Fsp3) is 0.286. The van der Waals surface area contributed by atoms with E-state index >= 15 is 0 Å². The van der Waals surface area contributed by atoms with Gasteiger partial charge in [0.2, 0.25) is 0 Å². The van der Waals surface area contributed by atoms with Gasteiger partial charge in [0, 0.05) is 23.4 Å². The van der Waals surface area contributed by atoms with Crippen LogP contribution in [0.5, 0.6) is 5.75 Å². The molecule has 12 heteroatoms. The molecule has 2 saturated carbocycles. The molecule has 2 unspecified atom stereocenters. The monoisotopic (exact) mass is 592 g/mol. The van der Waals surface area contributed by atoms with Crippen LogP contribution >= 0.6 is 11.6 Å². The number of rotatable bonds is 7. The van der Waals surface area contributed by atoms with Crippen LogP contribution in [-0.4, -0.2) is 36.5 Å². The molecule has 7 nitrogen and oxygen atoms in total. The van der Waals surface area contributed by atoms with Crippen molar-refractivity contribution >= 4 is 39.2 Å². The quantitative estimate of drug-likeness (QED) is 0.206. The summed E-state index contributed by atoms with van der Waals surface area (Å²) in [6.45, 7) is 0. The number of carbonyl (C=O) groups is 1. The molecule has 0 aliphatic heterocycles. The Hall–Kier alpha value is -3.41. The highest BCUT2D eigenvalue weighted by Gasteiger charge is 2.54. The van der Waals surface area contributed by atoms with Gasteiger partial charge in [-0.25, -0.2) is 21.6 Å². The average Bonchev–Trinajstić information content (AvgIpc) is 3.21. The second kappa shape index (κ2) is 10.9. The van der Waals surface area contributed by atoms with Crippen molar-refractivity contribution in [3.63, 3.8) is 0 Å². The molecule has 1 amide bonds. The van der Waals surface area contributed by atoms with Crippen LogP contribution in [0.15, 0.2) is 70.7 Å². The summed E-state index contributed by atoms with van der Waals surface area (Å²) in [5.74, 6) is -5.81. The number of aliphatic hydroxyl groups is 1. The molecular weight excluding hydrogens is 569 g/mol. The van der Waals surface area contributed by atoms with Crippen molar-refractivity contribution < 1.29 is 36.3 Å². The number of para-hydroxylation sites is 1. The molecule has 3 aromatic rings. The lowest BCUT2D eigenvalue weighted by Crippen LogP contribution is -2.47. The Labute approximate surface area is 233 Å². The first kappa shape index (κ1) is 28.1. The normalized spacial score (nSPS) is 24.3. The fourth-order valence-corrected chi connectivity index (χ4v) is 8.53. The van der Waals surface area contributed by atoms with E-state index in [2.05, 4.69) is 10.5 Å². The van der Waals surface area contributed by atoms with Gasteiger partial charge in [0.15, 0.2) is 33.0 Å². The Balaban J connectivity index is 1.35. The highest BCUT2D eigenvalue weighted by molar-refractivity contribution is 7.92. The standard InChI is InChI=1S/C28H24ClF3N2O5S/c29-21-9-8-16(27(35)34-19-11-22(30)25(32)23(31)12-19)10-24(21)40(37,38)26-17-6-7-18(26)14-28(36,13-17)15-33-39-20-4-2-1-3-5-20/h1-5,8-12,15,17-18,26,36H,6-7,13-14H2,(H,34,35)/b33-15+. The second-order valence-electron chi connectivity index (χ2n) is 10.1. The van der Waals surface area contributed by atoms with Crippen LogP contribution in [0, 0.1) is 29.3 Å². The molecule has 0 heterocycles. The van der Waals surface area contributed by atoms with Crippen molar-refractivity contribution in [3.05, 3.63) is 88.7 Å². The van der Waals surface area contributed by atoms with E-state index in [0.717, 1.165) is 6.07 Å². The van der Waals surface area contributed by atoms with Crippen LogP contribution in [-0.2, 0) is 9.84 Å². The van der Waals surface area contributed by atoms with E-state index in [1.54, 1.807) is 24.3 Å². The highest BCUT2D eigenvalue weighted by atomic mass is 35.5.